The van der Waals surface area contributed by atoms with Crippen molar-refractivity contribution in [2.24, 2.45) is 0 Å². The van der Waals surface area contributed by atoms with Gasteiger partial charge in [0.2, 0.25) is 0 Å². The summed E-state index contributed by atoms with van der Waals surface area (Å²) in [5.41, 5.74) is 5.69. The van der Waals surface area contributed by atoms with Crippen LogP contribution in [0.4, 0.5) is 0 Å². The molecule has 0 N–H and O–H groups in total. The molecule has 0 bridgehead atoms. The Morgan fingerprint density at radius 1 is 1.10 bits per heavy atom. The molecule has 0 saturated carbocycles. The summed E-state index contributed by atoms with van der Waals surface area (Å²) in [6.45, 7) is 3.32. The molecule has 2 aromatic rings. The molecule has 0 saturated heterocycles. The summed E-state index contributed by atoms with van der Waals surface area (Å²) >= 11 is 0. The molecule has 0 aliphatic carbocycles. The first-order valence-electron chi connectivity index (χ1n) is 7.13. The highest BCUT2D eigenvalue weighted by atomic mass is 16.5. The Bertz CT molecular complexity index is 603. The zero-order valence-electron chi connectivity index (χ0n) is 12.4. The molecular weight excluding hydrogens is 246 g/mol. The molecule has 0 amide bonds. The van der Waals surface area contributed by atoms with Gasteiger partial charge in [0.15, 0.2) is 0 Å². The number of hydrogen-bond acceptors (Lipinski definition) is 2. The molecule has 104 valence electrons. The van der Waals surface area contributed by atoms with Crippen LogP contribution in [0.15, 0.2) is 42.5 Å². The molecule has 0 radical (unpaired) electrons. The van der Waals surface area contributed by atoms with E-state index in [2.05, 4.69) is 61.3 Å². The fourth-order valence-corrected chi connectivity index (χ4v) is 3.20. The lowest BCUT2D eigenvalue weighted by Gasteiger charge is -2.36. The normalized spacial score (nSPS) is 18.6. The molecule has 0 fully saturated rings. The summed E-state index contributed by atoms with van der Waals surface area (Å²) < 4.78 is 5.26. The molecule has 0 spiro atoms. The summed E-state index contributed by atoms with van der Waals surface area (Å²) in [5.74, 6) is 0.914. The number of nitrogens with zero attached hydrogens (tertiary/aromatic N) is 1. The van der Waals surface area contributed by atoms with Gasteiger partial charge in [0.25, 0.3) is 0 Å². The number of likely N-dealkylation sites (N-methyl/N-ethyl adjacent to an activating group) is 1. The van der Waals surface area contributed by atoms with Crippen molar-refractivity contribution in [3.63, 3.8) is 0 Å². The van der Waals surface area contributed by atoms with E-state index in [1.54, 1.807) is 7.11 Å². The van der Waals surface area contributed by atoms with Gasteiger partial charge >= 0.3 is 0 Å². The summed E-state index contributed by atoms with van der Waals surface area (Å²) in [5, 5.41) is 0. The van der Waals surface area contributed by atoms with Crippen molar-refractivity contribution in [2.45, 2.75) is 19.4 Å². The van der Waals surface area contributed by atoms with Crippen molar-refractivity contribution in [1.82, 2.24) is 4.90 Å². The van der Waals surface area contributed by atoms with Gasteiger partial charge in [0, 0.05) is 6.54 Å². The summed E-state index contributed by atoms with van der Waals surface area (Å²) in [6.07, 6.45) is 1.14. The lowest BCUT2D eigenvalue weighted by Crippen LogP contribution is -2.33. The van der Waals surface area contributed by atoms with E-state index in [0.717, 1.165) is 18.7 Å². The highest BCUT2D eigenvalue weighted by Crippen LogP contribution is 2.36. The molecule has 2 nitrogen and oxygen atoms in total. The second-order valence-electron chi connectivity index (χ2n) is 5.55. The van der Waals surface area contributed by atoms with E-state index < -0.39 is 0 Å². The molecule has 0 aromatic heterocycles. The Balaban J connectivity index is 2.08. The molecular formula is C18H21NO. The first kappa shape index (κ1) is 13.2. The minimum atomic E-state index is 0.353. The summed E-state index contributed by atoms with van der Waals surface area (Å²) in [7, 11) is 3.92. The Kier molecular flexibility index (Phi) is 3.49. The van der Waals surface area contributed by atoms with Crippen LogP contribution in [0.3, 0.4) is 0 Å². The molecule has 1 unspecified atom stereocenters. The highest BCUT2D eigenvalue weighted by molar-refractivity contribution is 5.45. The molecule has 1 aliphatic rings. The van der Waals surface area contributed by atoms with Crippen molar-refractivity contribution in [3.05, 3.63) is 64.7 Å². The average Bonchev–Trinajstić information content (AvgIpc) is 2.48. The third-order valence-electron chi connectivity index (χ3n) is 4.29. The minimum Gasteiger partial charge on any atom is -0.497 e. The fraction of sp³-hybridized carbons (Fsp3) is 0.333. The molecule has 1 heterocycles. The topological polar surface area (TPSA) is 12.5 Å². The van der Waals surface area contributed by atoms with E-state index in [4.69, 9.17) is 4.74 Å². The number of rotatable bonds is 2. The van der Waals surface area contributed by atoms with Gasteiger partial charge < -0.3 is 4.74 Å². The Labute approximate surface area is 121 Å². The van der Waals surface area contributed by atoms with Crippen LogP contribution in [0.2, 0.25) is 0 Å². The molecule has 1 atom stereocenters. The van der Waals surface area contributed by atoms with E-state index in [1.807, 2.05) is 0 Å². The van der Waals surface area contributed by atoms with Gasteiger partial charge in [-0.25, -0.2) is 0 Å². The average molecular weight is 267 g/mol. The van der Waals surface area contributed by atoms with E-state index in [-0.39, 0.29) is 0 Å². The van der Waals surface area contributed by atoms with Crippen LogP contribution >= 0.6 is 0 Å². The van der Waals surface area contributed by atoms with Gasteiger partial charge in [0.05, 0.1) is 13.2 Å². The van der Waals surface area contributed by atoms with Crippen LogP contribution in [0, 0.1) is 6.92 Å². The molecule has 2 aromatic carbocycles. The first-order valence-corrected chi connectivity index (χ1v) is 7.13. The highest BCUT2D eigenvalue weighted by Gasteiger charge is 2.27. The maximum Gasteiger partial charge on any atom is 0.118 e. The van der Waals surface area contributed by atoms with Gasteiger partial charge in [0.1, 0.15) is 5.75 Å². The third kappa shape index (κ3) is 2.20. The van der Waals surface area contributed by atoms with Crippen LogP contribution in [0.25, 0.3) is 0 Å². The van der Waals surface area contributed by atoms with E-state index in [9.17, 15) is 0 Å². The van der Waals surface area contributed by atoms with Crippen LogP contribution in [-0.4, -0.2) is 25.6 Å². The van der Waals surface area contributed by atoms with E-state index >= 15 is 0 Å². The molecule has 2 heteroatoms. The zero-order valence-corrected chi connectivity index (χ0v) is 12.4. The number of aryl methyl sites for hydroxylation is 1. The quantitative estimate of drug-likeness (QED) is 0.824. The Morgan fingerprint density at radius 3 is 2.55 bits per heavy atom. The molecule has 1 aliphatic heterocycles. The zero-order chi connectivity index (χ0) is 14.1. The fourth-order valence-electron chi connectivity index (χ4n) is 3.20. The van der Waals surface area contributed by atoms with Gasteiger partial charge in [-0.1, -0.05) is 30.3 Å². The number of methoxy groups -OCH3 is 1. The van der Waals surface area contributed by atoms with Gasteiger partial charge in [-0.2, -0.15) is 0 Å². The number of hydrogen-bond donors (Lipinski definition) is 0. The van der Waals surface area contributed by atoms with Crippen LogP contribution < -0.4 is 4.74 Å². The third-order valence-corrected chi connectivity index (χ3v) is 4.29. The molecule has 3 rings (SSSR count). The van der Waals surface area contributed by atoms with Gasteiger partial charge in [-0.05, 0) is 54.8 Å². The molecule has 20 heavy (non-hydrogen) atoms. The number of ether oxygens (including phenoxy) is 1. The summed E-state index contributed by atoms with van der Waals surface area (Å²) in [4.78, 5) is 2.44. The SMILES string of the molecule is COc1ccc(C2c3c(C)cccc3CCN2C)cc1. The number of fused-ring (bicyclic) bond motifs is 1. The van der Waals surface area contributed by atoms with Crippen LogP contribution in [-0.2, 0) is 6.42 Å². The predicted molar refractivity (Wildman–Crippen MR) is 82.4 cm³/mol. The van der Waals surface area contributed by atoms with Gasteiger partial charge in [-0.3, -0.25) is 4.90 Å². The van der Waals surface area contributed by atoms with Crippen molar-refractivity contribution in [3.8, 4) is 5.75 Å². The maximum atomic E-state index is 5.26. The second kappa shape index (κ2) is 5.29. The lowest BCUT2D eigenvalue weighted by atomic mass is 9.85. The summed E-state index contributed by atoms with van der Waals surface area (Å²) in [6, 6.07) is 15.5. The Morgan fingerprint density at radius 2 is 1.85 bits per heavy atom. The predicted octanol–water partition coefficient (Wildman–Crippen LogP) is 3.58. The maximum absolute atomic E-state index is 5.26. The van der Waals surface area contributed by atoms with E-state index in [0.29, 0.717) is 6.04 Å². The van der Waals surface area contributed by atoms with Crippen molar-refractivity contribution < 1.29 is 4.74 Å². The van der Waals surface area contributed by atoms with Crippen LogP contribution in [0.1, 0.15) is 28.3 Å². The monoisotopic (exact) mass is 267 g/mol. The minimum absolute atomic E-state index is 0.353. The van der Waals surface area contributed by atoms with Crippen molar-refractivity contribution in [1.29, 1.82) is 0 Å². The largest absolute Gasteiger partial charge is 0.497 e. The van der Waals surface area contributed by atoms with E-state index in [1.165, 1.54) is 22.3 Å². The van der Waals surface area contributed by atoms with Gasteiger partial charge in [-0.15, -0.1) is 0 Å². The standard InChI is InChI=1S/C18H21NO/c1-13-5-4-6-14-11-12-19(2)18(17(13)14)15-7-9-16(20-3)10-8-15/h4-10,18H,11-12H2,1-3H3. The number of benzene rings is 2. The van der Waals surface area contributed by atoms with Crippen molar-refractivity contribution in [2.75, 3.05) is 20.7 Å². The Hall–Kier alpha value is -1.80. The first-order chi connectivity index (χ1) is 9.70. The second-order valence-corrected chi connectivity index (χ2v) is 5.55. The van der Waals surface area contributed by atoms with Crippen molar-refractivity contribution >= 4 is 0 Å². The van der Waals surface area contributed by atoms with Crippen LogP contribution in [0.5, 0.6) is 5.75 Å². The lowest BCUT2D eigenvalue weighted by molar-refractivity contribution is 0.264. The smallest absolute Gasteiger partial charge is 0.118 e.